The van der Waals surface area contributed by atoms with Gasteiger partial charge in [-0.1, -0.05) is 37.6 Å². The van der Waals surface area contributed by atoms with Crippen LogP contribution in [0.25, 0.3) is 11.3 Å². The monoisotopic (exact) mass is 230 g/mol. The maximum Gasteiger partial charge on any atom is 0.181 e. The second kappa shape index (κ2) is 5.15. The van der Waals surface area contributed by atoms with E-state index in [4.69, 9.17) is 4.42 Å². The van der Waals surface area contributed by atoms with Crippen LogP contribution in [0, 0.1) is 6.92 Å². The molecule has 17 heavy (non-hydrogen) atoms. The molecule has 0 spiro atoms. The van der Waals surface area contributed by atoms with Crippen molar-refractivity contribution in [1.82, 2.24) is 10.3 Å². The van der Waals surface area contributed by atoms with Gasteiger partial charge in [0.1, 0.15) is 5.69 Å². The minimum Gasteiger partial charge on any atom is -0.443 e. The van der Waals surface area contributed by atoms with Gasteiger partial charge >= 0.3 is 0 Å². The number of nitrogens with one attached hydrogen (secondary N) is 1. The van der Waals surface area contributed by atoms with E-state index in [0.29, 0.717) is 6.04 Å². The number of rotatable bonds is 4. The number of aromatic nitrogens is 1. The Balaban J connectivity index is 2.24. The Bertz CT molecular complexity index is 488. The Kier molecular flexibility index (Phi) is 3.59. The van der Waals surface area contributed by atoms with Crippen molar-refractivity contribution in [3.8, 4) is 11.3 Å². The summed E-state index contributed by atoms with van der Waals surface area (Å²) in [5.41, 5.74) is 3.27. The third kappa shape index (κ3) is 2.94. The topological polar surface area (TPSA) is 38.1 Å². The summed E-state index contributed by atoms with van der Waals surface area (Å²) in [5.74, 6) is 0.863. The van der Waals surface area contributed by atoms with Crippen molar-refractivity contribution in [1.29, 1.82) is 0 Å². The van der Waals surface area contributed by atoms with Crippen LogP contribution in [0.4, 0.5) is 0 Å². The van der Waals surface area contributed by atoms with Gasteiger partial charge in [0.25, 0.3) is 0 Å². The van der Waals surface area contributed by atoms with Crippen LogP contribution >= 0.6 is 0 Å². The first-order valence-corrected chi connectivity index (χ1v) is 5.89. The molecule has 1 N–H and O–H groups in total. The Hall–Kier alpha value is -1.61. The molecule has 0 aliphatic heterocycles. The Morgan fingerprint density at radius 3 is 2.88 bits per heavy atom. The van der Waals surface area contributed by atoms with Crippen LogP contribution in [0.3, 0.4) is 0 Å². The summed E-state index contributed by atoms with van der Waals surface area (Å²) in [6.07, 6.45) is 1.51. The van der Waals surface area contributed by atoms with Crippen LogP contribution in [0.5, 0.6) is 0 Å². The van der Waals surface area contributed by atoms with Gasteiger partial charge in [-0.3, -0.25) is 0 Å². The fourth-order valence-electron chi connectivity index (χ4n) is 1.72. The molecule has 0 saturated heterocycles. The molecular formula is C14H18N2O. The molecule has 90 valence electrons. The number of nitrogens with zero attached hydrogens (tertiary/aromatic N) is 1. The van der Waals surface area contributed by atoms with Crippen LogP contribution in [0.1, 0.15) is 25.1 Å². The summed E-state index contributed by atoms with van der Waals surface area (Å²) < 4.78 is 5.49. The van der Waals surface area contributed by atoms with Crippen molar-refractivity contribution in [3.05, 3.63) is 41.9 Å². The lowest BCUT2D eigenvalue weighted by atomic mass is 10.1. The van der Waals surface area contributed by atoms with E-state index in [-0.39, 0.29) is 0 Å². The van der Waals surface area contributed by atoms with E-state index in [2.05, 4.69) is 43.2 Å². The molecule has 0 bridgehead atoms. The molecule has 0 atom stereocenters. The highest BCUT2D eigenvalue weighted by Crippen LogP contribution is 2.23. The van der Waals surface area contributed by atoms with Crippen molar-refractivity contribution in [2.75, 3.05) is 0 Å². The van der Waals surface area contributed by atoms with E-state index >= 15 is 0 Å². The Labute approximate surface area is 102 Å². The molecule has 2 rings (SSSR count). The highest BCUT2D eigenvalue weighted by atomic mass is 16.3. The second-order valence-corrected chi connectivity index (χ2v) is 4.53. The first-order chi connectivity index (χ1) is 8.16. The third-order valence-corrected chi connectivity index (χ3v) is 2.60. The maximum atomic E-state index is 5.49. The smallest absolute Gasteiger partial charge is 0.181 e. The molecule has 3 nitrogen and oxygen atoms in total. The maximum absolute atomic E-state index is 5.49. The summed E-state index contributed by atoms with van der Waals surface area (Å²) in [6.45, 7) is 7.04. The van der Waals surface area contributed by atoms with E-state index in [1.54, 1.807) is 0 Å². The number of aryl methyl sites for hydroxylation is 1. The van der Waals surface area contributed by atoms with E-state index < -0.39 is 0 Å². The van der Waals surface area contributed by atoms with Gasteiger partial charge in [0, 0.05) is 18.2 Å². The Morgan fingerprint density at radius 2 is 2.18 bits per heavy atom. The normalized spacial score (nSPS) is 11.1. The highest BCUT2D eigenvalue weighted by Gasteiger charge is 2.10. The standard InChI is InChI=1S/C14H18N2O/c1-10(2)15-8-13-14(17-9-16-13)12-6-4-5-11(3)7-12/h4-7,9-10,15H,8H2,1-3H3. The lowest BCUT2D eigenvalue weighted by Gasteiger charge is -2.07. The van der Waals surface area contributed by atoms with Crippen molar-refractivity contribution in [2.24, 2.45) is 0 Å². The number of oxazole rings is 1. The molecule has 1 heterocycles. The van der Waals surface area contributed by atoms with Gasteiger partial charge in [-0.15, -0.1) is 0 Å². The van der Waals surface area contributed by atoms with Crippen LogP contribution in [-0.4, -0.2) is 11.0 Å². The van der Waals surface area contributed by atoms with Gasteiger partial charge in [0.2, 0.25) is 0 Å². The van der Waals surface area contributed by atoms with Crippen LogP contribution in [0.2, 0.25) is 0 Å². The van der Waals surface area contributed by atoms with Gasteiger partial charge < -0.3 is 9.73 Å². The van der Waals surface area contributed by atoms with Crippen LogP contribution < -0.4 is 5.32 Å². The summed E-state index contributed by atoms with van der Waals surface area (Å²) >= 11 is 0. The lowest BCUT2D eigenvalue weighted by Crippen LogP contribution is -2.22. The zero-order chi connectivity index (χ0) is 12.3. The van der Waals surface area contributed by atoms with Crippen molar-refractivity contribution in [3.63, 3.8) is 0 Å². The summed E-state index contributed by atoms with van der Waals surface area (Å²) in [6, 6.07) is 8.71. The molecule has 0 aliphatic rings. The lowest BCUT2D eigenvalue weighted by molar-refractivity contribution is 0.563. The van der Waals surface area contributed by atoms with Gasteiger partial charge in [-0.05, 0) is 13.0 Å². The molecule has 1 aromatic carbocycles. The summed E-state index contributed by atoms with van der Waals surface area (Å²) in [5, 5.41) is 3.35. The molecule has 0 saturated carbocycles. The molecule has 0 fully saturated rings. The molecular weight excluding hydrogens is 212 g/mol. The molecule has 0 unspecified atom stereocenters. The summed E-state index contributed by atoms with van der Waals surface area (Å²) in [4.78, 5) is 4.27. The molecule has 0 amide bonds. The zero-order valence-electron chi connectivity index (χ0n) is 10.5. The van der Waals surface area contributed by atoms with Gasteiger partial charge in [-0.2, -0.15) is 0 Å². The molecule has 2 aromatic rings. The van der Waals surface area contributed by atoms with Crippen molar-refractivity contribution >= 4 is 0 Å². The highest BCUT2D eigenvalue weighted by molar-refractivity contribution is 5.60. The van der Waals surface area contributed by atoms with E-state index in [1.165, 1.54) is 12.0 Å². The second-order valence-electron chi connectivity index (χ2n) is 4.53. The quantitative estimate of drug-likeness (QED) is 0.876. The summed E-state index contributed by atoms with van der Waals surface area (Å²) in [7, 11) is 0. The molecule has 0 aliphatic carbocycles. The average molecular weight is 230 g/mol. The minimum atomic E-state index is 0.442. The van der Waals surface area contributed by atoms with Crippen molar-refractivity contribution < 1.29 is 4.42 Å². The predicted molar refractivity (Wildman–Crippen MR) is 68.7 cm³/mol. The molecule has 1 aromatic heterocycles. The number of hydrogen-bond donors (Lipinski definition) is 1. The first kappa shape index (κ1) is 11.9. The van der Waals surface area contributed by atoms with Gasteiger partial charge in [0.05, 0.1) is 0 Å². The van der Waals surface area contributed by atoms with Gasteiger partial charge in [-0.25, -0.2) is 4.98 Å². The fraction of sp³-hybridized carbons (Fsp3) is 0.357. The SMILES string of the molecule is Cc1cccc(-c2ocnc2CNC(C)C)c1. The number of benzene rings is 1. The average Bonchev–Trinajstić information content (AvgIpc) is 2.74. The third-order valence-electron chi connectivity index (χ3n) is 2.60. The minimum absolute atomic E-state index is 0.442. The number of hydrogen-bond acceptors (Lipinski definition) is 3. The molecule has 0 radical (unpaired) electrons. The largest absolute Gasteiger partial charge is 0.443 e. The zero-order valence-corrected chi connectivity index (χ0v) is 10.5. The van der Waals surface area contributed by atoms with Crippen LogP contribution in [0.15, 0.2) is 35.1 Å². The predicted octanol–water partition coefficient (Wildman–Crippen LogP) is 3.15. The fourth-order valence-corrected chi connectivity index (χ4v) is 1.72. The van der Waals surface area contributed by atoms with Gasteiger partial charge in [0.15, 0.2) is 12.2 Å². The Morgan fingerprint density at radius 1 is 1.35 bits per heavy atom. The van der Waals surface area contributed by atoms with E-state index in [0.717, 1.165) is 23.6 Å². The van der Waals surface area contributed by atoms with E-state index in [9.17, 15) is 0 Å². The molecule has 3 heteroatoms. The van der Waals surface area contributed by atoms with Crippen molar-refractivity contribution in [2.45, 2.75) is 33.4 Å². The first-order valence-electron chi connectivity index (χ1n) is 5.89. The van der Waals surface area contributed by atoms with Crippen LogP contribution in [-0.2, 0) is 6.54 Å². The van der Waals surface area contributed by atoms with E-state index in [1.807, 2.05) is 12.1 Å².